The van der Waals surface area contributed by atoms with Gasteiger partial charge < -0.3 is 4.74 Å². The van der Waals surface area contributed by atoms with Gasteiger partial charge in [-0.1, -0.05) is 36.4 Å². The predicted octanol–water partition coefficient (Wildman–Crippen LogP) is 2.99. The molecule has 0 saturated heterocycles. The van der Waals surface area contributed by atoms with Gasteiger partial charge in [-0.25, -0.2) is 0 Å². The Labute approximate surface area is 71.3 Å². The second-order valence-corrected chi connectivity index (χ2v) is 2.45. The van der Waals surface area contributed by atoms with E-state index in [1.807, 2.05) is 18.2 Å². The molecule has 0 amide bonds. The minimum absolute atomic E-state index is 0.616. The molecule has 0 unspecified atom stereocenters. The molecule has 0 radical (unpaired) electrons. The lowest BCUT2D eigenvalue weighted by atomic mass is 10.2. The van der Waals surface area contributed by atoms with Crippen LogP contribution in [-0.4, -0.2) is 7.11 Å². The highest BCUT2D eigenvalue weighted by atomic mass is 35.5. The van der Waals surface area contributed by atoms with Crippen LogP contribution in [0, 0.1) is 0 Å². The lowest BCUT2D eigenvalue weighted by Gasteiger charge is -2.03. The number of ether oxygens (including phenoxy) is 1. The predicted molar refractivity (Wildman–Crippen MR) is 48.1 cm³/mol. The van der Waals surface area contributed by atoms with Crippen molar-refractivity contribution in [3.63, 3.8) is 0 Å². The average Bonchev–Trinajstić information content (AvgIpc) is 2.05. The Bertz CT molecular complexity index is 268. The van der Waals surface area contributed by atoms with E-state index < -0.39 is 0 Å². The molecule has 0 aliphatic heterocycles. The molecule has 1 nitrogen and oxygen atoms in total. The van der Waals surface area contributed by atoms with Gasteiger partial charge in [0.2, 0.25) is 0 Å². The van der Waals surface area contributed by atoms with Crippen LogP contribution in [0.15, 0.2) is 24.8 Å². The van der Waals surface area contributed by atoms with E-state index in [1.54, 1.807) is 13.2 Å². The first-order valence-corrected chi connectivity index (χ1v) is 3.62. The summed E-state index contributed by atoms with van der Waals surface area (Å²) in [4.78, 5) is 0. The van der Waals surface area contributed by atoms with Gasteiger partial charge in [-0.15, -0.1) is 0 Å². The molecule has 0 aliphatic carbocycles. The van der Waals surface area contributed by atoms with Gasteiger partial charge in [0.05, 0.1) is 12.1 Å². The molecule has 1 rings (SSSR count). The van der Waals surface area contributed by atoms with Crippen molar-refractivity contribution < 1.29 is 4.74 Å². The summed E-state index contributed by atoms with van der Waals surface area (Å²) in [6.07, 6.45) is 1.70. The molecule has 0 fully saturated rings. The van der Waals surface area contributed by atoms with Gasteiger partial charge in [-0.2, -0.15) is 0 Å². The van der Waals surface area contributed by atoms with Crippen molar-refractivity contribution in [3.05, 3.63) is 35.4 Å². The van der Waals surface area contributed by atoms with Gasteiger partial charge in [-0.3, -0.25) is 0 Å². The molecule has 1 aromatic rings. The molecule has 1 aromatic carbocycles. The van der Waals surface area contributed by atoms with Gasteiger partial charge in [-0.05, 0) is 11.6 Å². The quantitative estimate of drug-likeness (QED) is 0.660. The van der Waals surface area contributed by atoms with Crippen molar-refractivity contribution in [3.8, 4) is 5.75 Å². The molecule has 0 aliphatic rings. The molecule has 0 heterocycles. The number of halogens is 1. The van der Waals surface area contributed by atoms with Crippen LogP contribution in [0.25, 0.3) is 6.08 Å². The summed E-state index contributed by atoms with van der Waals surface area (Å²) in [5.74, 6) is 0.684. The van der Waals surface area contributed by atoms with E-state index >= 15 is 0 Å². The Morgan fingerprint density at radius 3 is 2.82 bits per heavy atom. The SMILES string of the molecule is C=Cc1cccc(OC)c1Cl. The van der Waals surface area contributed by atoms with E-state index in [0.29, 0.717) is 10.8 Å². The third kappa shape index (κ3) is 1.55. The number of methoxy groups -OCH3 is 1. The van der Waals surface area contributed by atoms with Crippen LogP contribution in [0.2, 0.25) is 5.02 Å². The molecular formula is C9H9ClO. The fraction of sp³-hybridized carbons (Fsp3) is 0.111. The molecule has 2 heteroatoms. The first-order chi connectivity index (χ1) is 5.29. The number of rotatable bonds is 2. The highest BCUT2D eigenvalue weighted by Gasteiger charge is 2.01. The van der Waals surface area contributed by atoms with Crippen LogP contribution in [0.1, 0.15) is 5.56 Å². The topological polar surface area (TPSA) is 9.23 Å². The lowest BCUT2D eigenvalue weighted by Crippen LogP contribution is -1.84. The highest BCUT2D eigenvalue weighted by molar-refractivity contribution is 6.33. The summed E-state index contributed by atoms with van der Waals surface area (Å²) < 4.78 is 5.01. The molecule has 0 N–H and O–H groups in total. The van der Waals surface area contributed by atoms with Crippen molar-refractivity contribution in [2.45, 2.75) is 0 Å². The standard InChI is InChI=1S/C9H9ClO/c1-3-7-5-4-6-8(11-2)9(7)10/h3-6H,1H2,2H3. The maximum atomic E-state index is 5.91. The second kappa shape index (κ2) is 3.44. The van der Waals surface area contributed by atoms with Gasteiger partial charge in [0.25, 0.3) is 0 Å². The van der Waals surface area contributed by atoms with E-state index in [2.05, 4.69) is 6.58 Å². The first kappa shape index (κ1) is 8.15. The van der Waals surface area contributed by atoms with Crippen molar-refractivity contribution in [2.75, 3.05) is 7.11 Å². The Morgan fingerprint density at radius 1 is 1.55 bits per heavy atom. The van der Waals surface area contributed by atoms with Gasteiger partial charge in [0.1, 0.15) is 5.75 Å². The van der Waals surface area contributed by atoms with Gasteiger partial charge in [0, 0.05) is 0 Å². The second-order valence-electron chi connectivity index (χ2n) is 2.07. The molecule has 11 heavy (non-hydrogen) atoms. The van der Waals surface area contributed by atoms with Crippen LogP contribution in [-0.2, 0) is 0 Å². The monoisotopic (exact) mass is 168 g/mol. The van der Waals surface area contributed by atoms with Crippen LogP contribution in [0.3, 0.4) is 0 Å². The number of hydrogen-bond donors (Lipinski definition) is 0. The van der Waals surface area contributed by atoms with Gasteiger partial charge in [0.15, 0.2) is 0 Å². The van der Waals surface area contributed by atoms with Crippen LogP contribution in [0.4, 0.5) is 0 Å². The van der Waals surface area contributed by atoms with E-state index in [-0.39, 0.29) is 0 Å². The summed E-state index contributed by atoms with van der Waals surface area (Å²) in [6, 6.07) is 5.58. The van der Waals surface area contributed by atoms with Gasteiger partial charge >= 0.3 is 0 Å². The Morgan fingerprint density at radius 2 is 2.27 bits per heavy atom. The fourth-order valence-corrected chi connectivity index (χ4v) is 1.12. The highest BCUT2D eigenvalue weighted by Crippen LogP contribution is 2.27. The lowest BCUT2D eigenvalue weighted by molar-refractivity contribution is 0.415. The average molecular weight is 169 g/mol. The zero-order valence-corrected chi connectivity index (χ0v) is 7.06. The van der Waals surface area contributed by atoms with Crippen LogP contribution >= 0.6 is 11.6 Å². The summed E-state index contributed by atoms with van der Waals surface area (Å²) in [5, 5.41) is 0.616. The molecular weight excluding hydrogens is 160 g/mol. The largest absolute Gasteiger partial charge is 0.495 e. The van der Waals surface area contributed by atoms with Crippen molar-refractivity contribution in [2.24, 2.45) is 0 Å². The molecule has 0 spiro atoms. The zero-order valence-electron chi connectivity index (χ0n) is 6.30. The van der Waals surface area contributed by atoms with E-state index in [0.717, 1.165) is 5.56 Å². The molecule has 0 saturated carbocycles. The molecule has 0 bridgehead atoms. The van der Waals surface area contributed by atoms with Crippen molar-refractivity contribution >= 4 is 17.7 Å². The normalized spacial score (nSPS) is 9.27. The minimum Gasteiger partial charge on any atom is -0.495 e. The smallest absolute Gasteiger partial charge is 0.138 e. The molecule has 0 atom stereocenters. The van der Waals surface area contributed by atoms with E-state index in [9.17, 15) is 0 Å². The Balaban J connectivity index is 3.20. The summed E-state index contributed by atoms with van der Waals surface area (Å²) in [7, 11) is 1.59. The minimum atomic E-state index is 0.616. The summed E-state index contributed by atoms with van der Waals surface area (Å²) in [5.41, 5.74) is 0.894. The van der Waals surface area contributed by atoms with E-state index in [4.69, 9.17) is 16.3 Å². The van der Waals surface area contributed by atoms with E-state index in [1.165, 1.54) is 0 Å². The Hall–Kier alpha value is -0.950. The fourth-order valence-electron chi connectivity index (χ4n) is 0.843. The summed E-state index contributed by atoms with van der Waals surface area (Å²) in [6.45, 7) is 3.63. The van der Waals surface area contributed by atoms with Crippen LogP contribution < -0.4 is 4.74 Å². The Kier molecular flexibility index (Phi) is 2.55. The molecule has 58 valence electrons. The van der Waals surface area contributed by atoms with Crippen LogP contribution in [0.5, 0.6) is 5.75 Å². The van der Waals surface area contributed by atoms with Crippen molar-refractivity contribution in [1.29, 1.82) is 0 Å². The third-order valence-corrected chi connectivity index (χ3v) is 1.84. The third-order valence-electron chi connectivity index (χ3n) is 1.43. The number of hydrogen-bond acceptors (Lipinski definition) is 1. The zero-order chi connectivity index (χ0) is 8.27. The van der Waals surface area contributed by atoms with Crippen molar-refractivity contribution in [1.82, 2.24) is 0 Å². The number of benzene rings is 1. The maximum absolute atomic E-state index is 5.91. The summed E-state index contributed by atoms with van der Waals surface area (Å²) >= 11 is 5.91. The first-order valence-electron chi connectivity index (χ1n) is 3.24. The maximum Gasteiger partial charge on any atom is 0.138 e. The molecule has 0 aromatic heterocycles.